The summed E-state index contributed by atoms with van der Waals surface area (Å²) in [6.45, 7) is 1.76. The number of aryl methyl sites for hydroxylation is 1. The molecule has 0 atom stereocenters. The summed E-state index contributed by atoms with van der Waals surface area (Å²) in [5.41, 5.74) is 0.996. The van der Waals surface area contributed by atoms with Crippen molar-refractivity contribution in [1.82, 2.24) is 9.97 Å². The van der Waals surface area contributed by atoms with Crippen molar-refractivity contribution >= 4 is 17.3 Å². The molecule has 0 unspecified atom stereocenters. The first kappa shape index (κ1) is 11.5. The molecule has 86 valence electrons. The average Bonchev–Trinajstić information content (AvgIpc) is 2.27. The Balaban J connectivity index is 2.64. The normalized spacial score (nSPS) is 10.2. The van der Waals surface area contributed by atoms with Gasteiger partial charge in [-0.15, -0.1) is 0 Å². The number of para-hydroxylation sites is 1. The molecule has 0 aliphatic carbocycles. The van der Waals surface area contributed by atoms with Crippen LogP contribution in [-0.4, -0.2) is 14.9 Å². The number of nitro benzene ring substituents is 1. The van der Waals surface area contributed by atoms with Gasteiger partial charge in [0, 0.05) is 11.8 Å². The fourth-order valence-electron chi connectivity index (χ4n) is 1.47. The van der Waals surface area contributed by atoms with E-state index in [1.165, 1.54) is 6.07 Å². The van der Waals surface area contributed by atoms with Gasteiger partial charge in [0.1, 0.15) is 5.15 Å². The van der Waals surface area contributed by atoms with Crippen LogP contribution in [0.3, 0.4) is 0 Å². The minimum Gasteiger partial charge on any atom is -0.258 e. The summed E-state index contributed by atoms with van der Waals surface area (Å²) < 4.78 is 0. The van der Waals surface area contributed by atoms with E-state index in [0.29, 0.717) is 11.3 Å². The molecular formula is C11H8ClN3O2. The van der Waals surface area contributed by atoms with E-state index in [2.05, 4.69) is 9.97 Å². The molecule has 0 aliphatic rings. The Kier molecular flexibility index (Phi) is 3.01. The summed E-state index contributed by atoms with van der Waals surface area (Å²) in [7, 11) is 0. The van der Waals surface area contributed by atoms with E-state index in [9.17, 15) is 10.1 Å². The van der Waals surface area contributed by atoms with Gasteiger partial charge < -0.3 is 0 Å². The Morgan fingerprint density at radius 2 is 2.00 bits per heavy atom. The van der Waals surface area contributed by atoms with Gasteiger partial charge in [-0.3, -0.25) is 10.1 Å². The molecule has 1 heterocycles. The van der Waals surface area contributed by atoms with E-state index in [1.54, 1.807) is 31.2 Å². The van der Waals surface area contributed by atoms with Crippen molar-refractivity contribution in [1.29, 1.82) is 0 Å². The summed E-state index contributed by atoms with van der Waals surface area (Å²) >= 11 is 5.81. The summed E-state index contributed by atoms with van der Waals surface area (Å²) in [5.74, 6) is 0.266. The van der Waals surface area contributed by atoms with Gasteiger partial charge >= 0.3 is 0 Å². The van der Waals surface area contributed by atoms with Crippen molar-refractivity contribution in [2.24, 2.45) is 0 Å². The van der Waals surface area contributed by atoms with Crippen molar-refractivity contribution in [3.63, 3.8) is 0 Å². The minimum atomic E-state index is -0.463. The quantitative estimate of drug-likeness (QED) is 0.466. The van der Waals surface area contributed by atoms with Gasteiger partial charge in [-0.25, -0.2) is 9.97 Å². The minimum absolute atomic E-state index is 0.0332. The number of halogens is 1. The lowest BCUT2D eigenvalue weighted by atomic mass is 10.1. The van der Waals surface area contributed by atoms with Crippen LogP contribution in [0.1, 0.15) is 5.69 Å². The zero-order chi connectivity index (χ0) is 12.4. The second kappa shape index (κ2) is 4.47. The maximum atomic E-state index is 10.9. The van der Waals surface area contributed by atoms with E-state index in [4.69, 9.17) is 11.6 Å². The third-order valence-corrected chi connectivity index (χ3v) is 2.36. The molecule has 2 aromatic rings. The lowest BCUT2D eigenvalue weighted by Gasteiger charge is -2.03. The second-order valence-electron chi connectivity index (χ2n) is 3.43. The molecule has 6 heteroatoms. The van der Waals surface area contributed by atoms with Gasteiger partial charge in [0.2, 0.25) is 0 Å². The van der Waals surface area contributed by atoms with Crippen molar-refractivity contribution in [2.75, 3.05) is 0 Å². The van der Waals surface area contributed by atoms with Gasteiger partial charge in [-0.1, -0.05) is 23.7 Å². The summed E-state index contributed by atoms with van der Waals surface area (Å²) in [6, 6.07) is 7.90. The SMILES string of the molecule is Cc1cc(Cl)nc(-c2ccccc2[N+](=O)[O-])n1. The molecule has 2 rings (SSSR count). The predicted octanol–water partition coefficient (Wildman–Crippen LogP) is 3.01. The third-order valence-electron chi connectivity index (χ3n) is 2.16. The van der Waals surface area contributed by atoms with E-state index >= 15 is 0 Å². The predicted molar refractivity (Wildman–Crippen MR) is 63.9 cm³/mol. The van der Waals surface area contributed by atoms with Crippen LogP contribution >= 0.6 is 11.6 Å². The van der Waals surface area contributed by atoms with Crippen LogP contribution in [0.25, 0.3) is 11.4 Å². The molecule has 0 bridgehead atoms. The monoisotopic (exact) mass is 249 g/mol. The number of hydrogen-bond acceptors (Lipinski definition) is 4. The molecule has 5 nitrogen and oxygen atoms in total. The lowest BCUT2D eigenvalue weighted by Crippen LogP contribution is -1.96. The van der Waals surface area contributed by atoms with E-state index in [0.717, 1.165) is 0 Å². The number of hydrogen-bond donors (Lipinski definition) is 0. The Bertz CT molecular complexity index is 566. The van der Waals surface area contributed by atoms with E-state index < -0.39 is 4.92 Å². The summed E-state index contributed by atoms with van der Waals surface area (Å²) in [4.78, 5) is 18.6. The Hall–Kier alpha value is -2.01. The van der Waals surface area contributed by atoms with Gasteiger partial charge in [-0.05, 0) is 19.1 Å². The summed E-state index contributed by atoms with van der Waals surface area (Å²) in [6.07, 6.45) is 0. The first-order chi connectivity index (χ1) is 8.08. The Morgan fingerprint density at radius 3 is 2.65 bits per heavy atom. The standard InChI is InChI=1S/C11H8ClN3O2/c1-7-6-10(12)14-11(13-7)8-4-2-3-5-9(8)15(16)17/h2-6H,1H3. The molecule has 0 saturated carbocycles. The van der Waals surface area contributed by atoms with Crippen molar-refractivity contribution in [2.45, 2.75) is 6.92 Å². The van der Waals surface area contributed by atoms with Gasteiger partial charge in [-0.2, -0.15) is 0 Å². The fourth-order valence-corrected chi connectivity index (χ4v) is 1.71. The number of nitro groups is 1. The zero-order valence-electron chi connectivity index (χ0n) is 8.92. The van der Waals surface area contributed by atoms with Crippen molar-refractivity contribution in [3.8, 4) is 11.4 Å². The van der Waals surface area contributed by atoms with Crippen LogP contribution in [0.2, 0.25) is 5.15 Å². The molecule has 0 radical (unpaired) electrons. The lowest BCUT2D eigenvalue weighted by molar-refractivity contribution is -0.384. The molecular weight excluding hydrogens is 242 g/mol. The fraction of sp³-hybridized carbons (Fsp3) is 0.0909. The van der Waals surface area contributed by atoms with Crippen LogP contribution in [0, 0.1) is 17.0 Å². The van der Waals surface area contributed by atoms with Gasteiger partial charge in [0.25, 0.3) is 5.69 Å². The molecule has 0 saturated heterocycles. The first-order valence-corrected chi connectivity index (χ1v) is 5.20. The Labute approximate surface area is 102 Å². The topological polar surface area (TPSA) is 68.9 Å². The van der Waals surface area contributed by atoms with Crippen LogP contribution in [0.15, 0.2) is 30.3 Å². The van der Waals surface area contributed by atoms with E-state index in [1.807, 2.05) is 0 Å². The highest BCUT2D eigenvalue weighted by atomic mass is 35.5. The molecule has 0 spiro atoms. The summed E-state index contributed by atoms with van der Waals surface area (Å²) in [5, 5.41) is 11.2. The molecule has 0 aliphatic heterocycles. The van der Waals surface area contributed by atoms with Crippen LogP contribution in [0.5, 0.6) is 0 Å². The highest BCUT2D eigenvalue weighted by molar-refractivity contribution is 6.29. The van der Waals surface area contributed by atoms with Gasteiger partial charge in [0.05, 0.1) is 10.5 Å². The van der Waals surface area contributed by atoms with Crippen LogP contribution in [-0.2, 0) is 0 Å². The van der Waals surface area contributed by atoms with Gasteiger partial charge in [0.15, 0.2) is 5.82 Å². The largest absolute Gasteiger partial charge is 0.280 e. The van der Waals surface area contributed by atoms with Crippen molar-refractivity contribution < 1.29 is 4.92 Å². The number of aromatic nitrogens is 2. The van der Waals surface area contributed by atoms with Crippen molar-refractivity contribution in [3.05, 3.63) is 51.3 Å². The Morgan fingerprint density at radius 1 is 1.29 bits per heavy atom. The second-order valence-corrected chi connectivity index (χ2v) is 3.82. The van der Waals surface area contributed by atoms with E-state index in [-0.39, 0.29) is 16.7 Å². The zero-order valence-corrected chi connectivity index (χ0v) is 9.68. The smallest absolute Gasteiger partial charge is 0.258 e. The van der Waals surface area contributed by atoms with Crippen LogP contribution in [0.4, 0.5) is 5.69 Å². The van der Waals surface area contributed by atoms with Crippen LogP contribution < -0.4 is 0 Å². The highest BCUT2D eigenvalue weighted by Crippen LogP contribution is 2.27. The number of benzene rings is 1. The maximum Gasteiger partial charge on any atom is 0.280 e. The number of rotatable bonds is 2. The molecule has 1 aromatic carbocycles. The highest BCUT2D eigenvalue weighted by Gasteiger charge is 2.16. The maximum absolute atomic E-state index is 10.9. The molecule has 0 N–H and O–H groups in total. The molecule has 1 aromatic heterocycles. The molecule has 0 amide bonds. The molecule has 0 fully saturated rings. The number of nitrogens with zero attached hydrogens (tertiary/aromatic N) is 3. The first-order valence-electron chi connectivity index (χ1n) is 4.83. The average molecular weight is 250 g/mol. The molecule has 17 heavy (non-hydrogen) atoms. The third kappa shape index (κ3) is 2.39.